The van der Waals surface area contributed by atoms with Gasteiger partial charge in [0.1, 0.15) is 5.69 Å². The molecular weight excluding hydrogens is 262 g/mol. The van der Waals surface area contributed by atoms with Crippen LogP contribution in [0.4, 0.5) is 5.69 Å². The number of halogens is 1. The summed E-state index contributed by atoms with van der Waals surface area (Å²) in [6.07, 6.45) is 5.00. The van der Waals surface area contributed by atoms with Crippen LogP contribution in [-0.4, -0.2) is 19.7 Å². The van der Waals surface area contributed by atoms with Gasteiger partial charge in [0.15, 0.2) is 0 Å². The zero-order valence-electron chi connectivity index (χ0n) is 9.86. The molecule has 2 heterocycles. The maximum Gasteiger partial charge on any atom is 0.250 e. The Morgan fingerprint density at radius 1 is 1.05 bits per heavy atom. The maximum absolute atomic E-state index is 5.98. The van der Waals surface area contributed by atoms with Gasteiger partial charge in [-0.25, -0.2) is 14.6 Å². The second-order valence-electron chi connectivity index (χ2n) is 3.93. The minimum Gasteiger partial charge on any atom is -0.396 e. The Labute approximate surface area is 114 Å². The molecule has 1 aromatic carbocycles. The Balaban J connectivity index is 2.05. The number of aromatic nitrogens is 4. The number of nitrogen functional groups attached to an aromatic ring is 1. The number of anilines is 1. The summed E-state index contributed by atoms with van der Waals surface area (Å²) >= 11 is 5.86. The van der Waals surface area contributed by atoms with Crippen molar-refractivity contribution in [2.45, 2.75) is 0 Å². The molecule has 0 fully saturated rings. The molecule has 0 bridgehead atoms. The number of rotatable bonds is 2. The predicted molar refractivity (Wildman–Crippen MR) is 74.0 cm³/mol. The van der Waals surface area contributed by atoms with Gasteiger partial charge in [0.05, 0.1) is 11.9 Å². The van der Waals surface area contributed by atoms with Crippen molar-refractivity contribution >= 4 is 17.3 Å². The van der Waals surface area contributed by atoms with Crippen LogP contribution in [0, 0.1) is 0 Å². The normalized spacial score (nSPS) is 10.6. The van der Waals surface area contributed by atoms with Crippen LogP contribution < -0.4 is 5.73 Å². The lowest BCUT2D eigenvalue weighted by molar-refractivity contribution is 0.811. The van der Waals surface area contributed by atoms with E-state index in [1.807, 2.05) is 12.1 Å². The highest BCUT2D eigenvalue weighted by atomic mass is 35.5. The highest BCUT2D eigenvalue weighted by Gasteiger charge is 2.10. The average molecular weight is 272 g/mol. The summed E-state index contributed by atoms with van der Waals surface area (Å²) in [4.78, 5) is 8.25. The molecular formula is C13H10ClN5. The molecule has 6 heteroatoms. The van der Waals surface area contributed by atoms with E-state index in [0.29, 0.717) is 22.4 Å². The van der Waals surface area contributed by atoms with Crippen molar-refractivity contribution in [3.63, 3.8) is 0 Å². The molecule has 3 rings (SSSR count). The van der Waals surface area contributed by atoms with Gasteiger partial charge >= 0.3 is 0 Å². The minimum atomic E-state index is 0.481. The van der Waals surface area contributed by atoms with Crippen molar-refractivity contribution in [1.82, 2.24) is 19.7 Å². The molecule has 3 aromatic rings. The average Bonchev–Trinajstić information content (AvgIpc) is 2.83. The van der Waals surface area contributed by atoms with Crippen LogP contribution in [0.3, 0.4) is 0 Å². The first-order valence-corrected chi connectivity index (χ1v) is 6.00. The molecule has 0 radical (unpaired) electrons. The molecule has 19 heavy (non-hydrogen) atoms. The Bertz CT molecular complexity index is 691. The molecule has 0 aliphatic carbocycles. The Hall–Kier alpha value is -2.40. The van der Waals surface area contributed by atoms with Crippen molar-refractivity contribution in [3.05, 3.63) is 53.9 Å². The molecule has 5 nitrogen and oxygen atoms in total. The molecule has 0 aliphatic rings. The molecule has 0 amide bonds. The van der Waals surface area contributed by atoms with E-state index < -0.39 is 0 Å². The Morgan fingerprint density at radius 3 is 2.42 bits per heavy atom. The maximum atomic E-state index is 5.98. The first-order chi connectivity index (χ1) is 9.24. The lowest BCUT2D eigenvalue weighted by Gasteiger charge is -1.99. The molecule has 0 saturated carbocycles. The number of benzene rings is 1. The molecule has 2 aromatic heterocycles. The van der Waals surface area contributed by atoms with E-state index in [0.717, 1.165) is 5.56 Å². The molecule has 0 saturated heterocycles. The topological polar surface area (TPSA) is 69.6 Å². The van der Waals surface area contributed by atoms with Gasteiger partial charge in [-0.15, -0.1) is 0 Å². The van der Waals surface area contributed by atoms with E-state index in [1.165, 1.54) is 0 Å². The first kappa shape index (κ1) is 11.7. The van der Waals surface area contributed by atoms with Crippen LogP contribution in [0.5, 0.6) is 0 Å². The fourth-order valence-electron chi connectivity index (χ4n) is 1.73. The quantitative estimate of drug-likeness (QED) is 0.778. The summed E-state index contributed by atoms with van der Waals surface area (Å²) in [6.45, 7) is 0. The van der Waals surface area contributed by atoms with Gasteiger partial charge in [-0.2, -0.15) is 5.10 Å². The van der Waals surface area contributed by atoms with Crippen molar-refractivity contribution in [2.24, 2.45) is 0 Å². The van der Waals surface area contributed by atoms with Crippen LogP contribution in [0.2, 0.25) is 5.02 Å². The van der Waals surface area contributed by atoms with Crippen LogP contribution in [0.1, 0.15) is 0 Å². The van der Waals surface area contributed by atoms with E-state index in [1.54, 1.807) is 41.5 Å². The van der Waals surface area contributed by atoms with Crippen molar-refractivity contribution in [2.75, 3.05) is 5.73 Å². The Kier molecular flexibility index (Phi) is 2.89. The van der Waals surface area contributed by atoms with Crippen LogP contribution in [0.25, 0.3) is 17.2 Å². The Morgan fingerprint density at radius 2 is 1.74 bits per heavy atom. The molecule has 0 spiro atoms. The summed E-state index contributed by atoms with van der Waals surface area (Å²) in [5.41, 5.74) is 8.13. The zero-order valence-corrected chi connectivity index (χ0v) is 10.6. The predicted octanol–water partition coefficient (Wildman–Crippen LogP) is 2.56. The summed E-state index contributed by atoms with van der Waals surface area (Å²) < 4.78 is 1.55. The lowest BCUT2D eigenvalue weighted by atomic mass is 10.1. The fraction of sp³-hybridized carbons (Fsp3) is 0. The van der Waals surface area contributed by atoms with Crippen LogP contribution in [-0.2, 0) is 0 Å². The standard InChI is InChI=1S/C13H10ClN5/c14-10-4-2-9(3-5-10)12-11(15)8-19(18-12)13-16-6-1-7-17-13/h1-8H,15H2. The third kappa shape index (κ3) is 2.28. The molecule has 0 unspecified atom stereocenters. The molecule has 2 N–H and O–H groups in total. The summed E-state index contributed by atoms with van der Waals surface area (Å²) in [7, 11) is 0. The van der Waals surface area contributed by atoms with E-state index in [2.05, 4.69) is 15.1 Å². The number of hydrogen-bond acceptors (Lipinski definition) is 4. The van der Waals surface area contributed by atoms with Gasteiger partial charge < -0.3 is 5.73 Å². The fourth-order valence-corrected chi connectivity index (χ4v) is 1.86. The third-order valence-corrected chi connectivity index (χ3v) is 2.87. The van der Waals surface area contributed by atoms with Crippen molar-refractivity contribution < 1.29 is 0 Å². The summed E-state index contributed by atoms with van der Waals surface area (Å²) in [5.74, 6) is 0.481. The van der Waals surface area contributed by atoms with E-state index in [9.17, 15) is 0 Å². The van der Waals surface area contributed by atoms with Gasteiger partial charge in [0.25, 0.3) is 5.95 Å². The number of hydrogen-bond donors (Lipinski definition) is 1. The molecule has 94 valence electrons. The molecule has 0 aliphatic heterocycles. The minimum absolute atomic E-state index is 0.481. The lowest BCUT2D eigenvalue weighted by Crippen LogP contribution is -2.00. The van der Waals surface area contributed by atoms with Gasteiger partial charge in [-0.3, -0.25) is 0 Å². The zero-order chi connectivity index (χ0) is 13.2. The van der Waals surface area contributed by atoms with Gasteiger partial charge in [0.2, 0.25) is 0 Å². The SMILES string of the molecule is Nc1cn(-c2ncccn2)nc1-c1ccc(Cl)cc1. The van der Waals surface area contributed by atoms with Gasteiger partial charge in [-0.1, -0.05) is 23.7 Å². The highest BCUT2D eigenvalue weighted by Crippen LogP contribution is 2.25. The largest absolute Gasteiger partial charge is 0.396 e. The smallest absolute Gasteiger partial charge is 0.250 e. The van der Waals surface area contributed by atoms with Crippen LogP contribution in [0.15, 0.2) is 48.9 Å². The molecule has 0 atom stereocenters. The van der Waals surface area contributed by atoms with E-state index >= 15 is 0 Å². The van der Waals surface area contributed by atoms with Crippen LogP contribution >= 0.6 is 11.6 Å². The monoisotopic (exact) mass is 271 g/mol. The summed E-state index contributed by atoms with van der Waals surface area (Å²) in [5, 5.41) is 5.08. The second-order valence-corrected chi connectivity index (χ2v) is 4.37. The van der Waals surface area contributed by atoms with Crippen molar-refractivity contribution in [1.29, 1.82) is 0 Å². The third-order valence-electron chi connectivity index (χ3n) is 2.62. The number of nitrogens with two attached hydrogens (primary N) is 1. The second kappa shape index (κ2) is 4.70. The first-order valence-electron chi connectivity index (χ1n) is 5.62. The van der Waals surface area contributed by atoms with E-state index in [-0.39, 0.29) is 0 Å². The van der Waals surface area contributed by atoms with Crippen molar-refractivity contribution in [3.8, 4) is 17.2 Å². The number of nitrogens with zero attached hydrogens (tertiary/aromatic N) is 4. The summed E-state index contributed by atoms with van der Waals surface area (Å²) in [6, 6.07) is 9.09. The highest BCUT2D eigenvalue weighted by molar-refractivity contribution is 6.30. The van der Waals surface area contributed by atoms with E-state index in [4.69, 9.17) is 17.3 Å². The van der Waals surface area contributed by atoms with Gasteiger partial charge in [0, 0.05) is 23.0 Å². The van der Waals surface area contributed by atoms with Gasteiger partial charge in [-0.05, 0) is 18.2 Å².